The number of amides is 4. The Balaban J connectivity index is 1.77. The Hall–Kier alpha value is -3.75. The average Bonchev–Trinajstić information content (AvgIpc) is 3.25. The van der Waals surface area contributed by atoms with Gasteiger partial charge < -0.3 is 30.2 Å². The number of ether oxygens (including phenoxy) is 1. The van der Waals surface area contributed by atoms with Crippen LogP contribution in [-0.2, 0) is 28.8 Å². The fourth-order valence-corrected chi connectivity index (χ4v) is 4.18. The van der Waals surface area contributed by atoms with Crippen LogP contribution in [0.2, 0.25) is 0 Å². The van der Waals surface area contributed by atoms with Crippen LogP contribution in [0.3, 0.4) is 0 Å². The third-order valence-corrected chi connectivity index (χ3v) is 6.35. The molecule has 1 aromatic heterocycles. The van der Waals surface area contributed by atoms with E-state index in [0.29, 0.717) is 13.0 Å². The summed E-state index contributed by atoms with van der Waals surface area (Å²) in [7, 11) is 0. The summed E-state index contributed by atoms with van der Waals surface area (Å²) in [5.74, 6) is -2.63. The predicted octanol–water partition coefficient (Wildman–Crippen LogP) is 1.07. The highest BCUT2D eigenvalue weighted by molar-refractivity contribution is 7.14. The number of aromatic nitrogens is 1. The van der Waals surface area contributed by atoms with Crippen molar-refractivity contribution in [3.8, 4) is 0 Å². The molecule has 3 heterocycles. The Morgan fingerprint density at radius 2 is 1.95 bits per heavy atom. The number of carboxylic acids is 1. The van der Waals surface area contributed by atoms with Crippen LogP contribution in [0.1, 0.15) is 59.6 Å². The lowest BCUT2D eigenvalue weighted by Gasteiger charge is -2.40. The quantitative estimate of drug-likeness (QED) is 0.197. The summed E-state index contributed by atoms with van der Waals surface area (Å²) >= 11 is 0.973. The van der Waals surface area contributed by atoms with Crippen molar-refractivity contribution in [2.45, 2.75) is 77.2 Å². The lowest BCUT2D eigenvalue weighted by atomic mass is 9.96. The Bertz CT molecular complexity index is 1140. The molecule has 0 saturated carbocycles. The number of piperidine rings is 1. The molecule has 38 heavy (non-hydrogen) atoms. The zero-order valence-electron chi connectivity index (χ0n) is 21.8. The minimum absolute atomic E-state index is 0.0125. The van der Waals surface area contributed by atoms with Crippen molar-refractivity contribution >= 4 is 52.0 Å². The first-order chi connectivity index (χ1) is 17.7. The van der Waals surface area contributed by atoms with Gasteiger partial charge in [0.1, 0.15) is 17.3 Å². The maximum absolute atomic E-state index is 13.2. The van der Waals surface area contributed by atoms with Crippen LogP contribution >= 0.6 is 11.3 Å². The van der Waals surface area contributed by atoms with Gasteiger partial charge in [-0.05, 0) is 47.5 Å². The van der Waals surface area contributed by atoms with E-state index in [1.807, 2.05) is 0 Å². The van der Waals surface area contributed by atoms with Gasteiger partial charge in [0.2, 0.25) is 17.4 Å². The van der Waals surface area contributed by atoms with Crippen molar-refractivity contribution in [1.82, 2.24) is 20.5 Å². The SMILES string of the molecule is CC(C)(C)OC(=O)Nc1nc(C(=NOC(C)(C)C(=O)O)C(=O)N[C@@H]2C(=O)N[C@H]2CN2CCCCC2=O)cs1. The van der Waals surface area contributed by atoms with Crippen LogP contribution in [0.4, 0.5) is 9.93 Å². The number of anilines is 1. The standard InChI is InChI=1S/C23H32N6O8S/c1-22(2,3)36-21(35)27-20-25-13(11-38-20)16(28-37-23(4,5)19(33)34)18(32)26-15-12(24-17(15)31)10-29-9-7-6-8-14(29)30/h11-12,15H,6-10H2,1-5H3,(H,24,31)(H,26,32)(H,33,34)(H,25,27,35)/t12-,15-/m0/s1. The van der Waals surface area contributed by atoms with E-state index in [4.69, 9.17) is 9.57 Å². The minimum Gasteiger partial charge on any atom is -0.478 e. The fourth-order valence-electron chi connectivity index (χ4n) is 3.50. The first kappa shape index (κ1) is 28.8. The van der Waals surface area contributed by atoms with E-state index < -0.39 is 52.9 Å². The number of aliphatic carboxylic acids is 1. The van der Waals surface area contributed by atoms with Gasteiger partial charge in [-0.15, -0.1) is 11.3 Å². The van der Waals surface area contributed by atoms with Crippen molar-refractivity contribution in [3.63, 3.8) is 0 Å². The largest absolute Gasteiger partial charge is 0.478 e. The van der Waals surface area contributed by atoms with Crippen LogP contribution in [0.5, 0.6) is 0 Å². The van der Waals surface area contributed by atoms with Crippen molar-refractivity contribution in [2.75, 3.05) is 18.4 Å². The number of thiazole rings is 1. The molecule has 0 unspecified atom stereocenters. The van der Waals surface area contributed by atoms with E-state index in [-0.39, 0.29) is 23.3 Å². The van der Waals surface area contributed by atoms with Crippen LogP contribution in [0.25, 0.3) is 0 Å². The number of hydrogen-bond acceptors (Lipinski definition) is 10. The van der Waals surface area contributed by atoms with E-state index in [1.165, 1.54) is 19.2 Å². The van der Waals surface area contributed by atoms with E-state index in [9.17, 15) is 29.1 Å². The third-order valence-electron chi connectivity index (χ3n) is 5.59. The monoisotopic (exact) mass is 552 g/mol. The van der Waals surface area contributed by atoms with Gasteiger partial charge in [0.05, 0.1) is 6.04 Å². The average molecular weight is 553 g/mol. The van der Waals surface area contributed by atoms with Crippen molar-refractivity contribution < 1.29 is 38.7 Å². The summed E-state index contributed by atoms with van der Waals surface area (Å²) in [4.78, 5) is 72.1. The van der Waals surface area contributed by atoms with Gasteiger partial charge in [-0.1, -0.05) is 5.16 Å². The first-order valence-corrected chi connectivity index (χ1v) is 12.9. The van der Waals surface area contributed by atoms with Gasteiger partial charge in [-0.3, -0.25) is 19.7 Å². The summed E-state index contributed by atoms with van der Waals surface area (Å²) in [6, 6.07) is -1.46. The second-order valence-electron chi connectivity index (χ2n) is 10.4. The lowest BCUT2D eigenvalue weighted by molar-refractivity contribution is -0.161. The number of carbonyl (C=O) groups excluding carboxylic acids is 4. The fraction of sp³-hybridized carbons (Fsp3) is 0.609. The highest BCUT2D eigenvalue weighted by atomic mass is 32.1. The van der Waals surface area contributed by atoms with Gasteiger partial charge >= 0.3 is 12.1 Å². The van der Waals surface area contributed by atoms with Gasteiger partial charge in [-0.2, -0.15) is 0 Å². The number of rotatable bonds is 9. The van der Waals surface area contributed by atoms with Gasteiger partial charge in [-0.25, -0.2) is 14.6 Å². The second-order valence-corrected chi connectivity index (χ2v) is 11.2. The molecule has 0 bridgehead atoms. The molecule has 4 N–H and O–H groups in total. The highest BCUT2D eigenvalue weighted by Crippen LogP contribution is 2.20. The molecule has 208 valence electrons. The number of carbonyl (C=O) groups is 5. The normalized spacial score (nSPS) is 20.2. The molecule has 4 amide bonds. The molecule has 2 saturated heterocycles. The molecular formula is C23H32N6O8S. The molecular weight excluding hydrogens is 520 g/mol. The molecule has 2 atom stereocenters. The van der Waals surface area contributed by atoms with E-state index in [2.05, 4.69) is 26.1 Å². The molecule has 3 rings (SSSR count). The molecule has 2 aliphatic rings. The zero-order chi connectivity index (χ0) is 28.3. The molecule has 0 aliphatic carbocycles. The molecule has 0 spiro atoms. The predicted molar refractivity (Wildman–Crippen MR) is 136 cm³/mol. The van der Waals surface area contributed by atoms with Crippen molar-refractivity contribution in [3.05, 3.63) is 11.1 Å². The minimum atomic E-state index is -1.77. The highest BCUT2D eigenvalue weighted by Gasteiger charge is 2.43. The molecule has 2 fully saturated rings. The Kier molecular flexibility index (Phi) is 8.59. The van der Waals surface area contributed by atoms with Gasteiger partial charge in [0, 0.05) is 24.9 Å². The van der Waals surface area contributed by atoms with Crippen molar-refractivity contribution in [2.24, 2.45) is 5.16 Å². The lowest BCUT2D eigenvalue weighted by Crippen LogP contribution is -2.72. The van der Waals surface area contributed by atoms with Crippen LogP contribution in [0, 0.1) is 0 Å². The van der Waals surface area contributed by atoms with E-state index in [0.717, 1.165) is 24.2 Å². The number of β-lactam (4-membered cyclic amide) rings is 1. The molecule has 0 aromatic carbocycles. The Labute approximate surface area is 223 Å². The Morgan fingerprint density at radius 1 is 1.24 bits per heavy atom. The number of nitrogens with one attached hydrogen (secondary N) is 3. The maximum atomic E-state index is 13.2. The van der Waals surface area contributed by atoms with Crippen LogP contribution in [0.15, 0.2) is 10.5 Å². The number of hydrogen-bond donors (Lipinski definition) is 4. The summed E-state index contributed by atoms with van der Waals surface area (Å²) < 4.78 is 5.19. The third kappa shape index (κ3) is 7.40. The summed E-state index contributed by atoms with van der Waals surface area (Å²) in [5.41, 5.74) is -2.95. The summed E-state index contributed by atoms with van der Waals surface area (Å²) in [6.45, 7) is 8.39. The van der Waals surface area contributed by atoms with Gasteiger partial charge in [0.25, 0.3) is 5.91 Å². The molecule has 14 nitrogen and oxygen atoms in total. The topological polar surface area (TPSA) is 189 Å². The first-order valence-electron chi connectivity index (χ1n) is 12.0. The number of carboxylic acid groups (broad SMARTS) is 1. The summed E-state index contributed by atoms with van der Waals surface area (Å²) in [5, 5.41) is 22.3. The molecule has 0 radical (unpaired) electrons. The summed E-state index contributed by atoms with van der Waals surface area (Å²) in [6.07, 6.45) is 1.36. The van der Waals surface area contributed by atoms with Crippen molar-refractivity contribution in [1.29, 1.82) is 0 Å². The molecule has 1 aromatic rings. The Morgan fingerprint density at radius 3 is 2.55 bits per heavy atom. The van der Waals surface area contributed by atoms with E-state index >= 15 is 0 Å². The number of nitrogens with zero attached hydrogens (tertiary/aromatic N) is 3. The second kappa shape index (κ2) is 11.3. The van der Waals surface area contributed by atoms with Crippen LogP contribution < -0.4 is 16.0 Å². The van der Waals surface area contributed by atoms with E-state index in [1.54, 1.807) is 25.7 Å². The molecule has 15 heteroatoms. The number of oxime groups is 1. The maximum Gasteiger partial charge on any atom is 0.413 e. The van der Waals surface area contributed by atoms with Gasteiger partial charge in [0.15, 0.2) is 10.8 Å². The smallest absolute Gasteiger partial charge is 0.413 e. The number of likely N-dealkylation sites (tertiary alicyclic amines) is 1. The zero-order valence-corrected chi connectivity index (χ0v) is 22.6. The molecule has 2 aliphatic heterocycles. The van der Waals surface area contributed by atoms with Crippen LogP contribution in [-0.4, -0.2) is 86.9 Å².